The number of amides is 1. The van der Waals surface area contributed by atoms with E-state index in [1.54, 1.807) is 0 Å². The fraction of sp³-hybridized carbons (Fsp3) is 0.333. The summed E-state index contributed by atoms with van der Waals surface area (Å²) < 4.78 is 16.7. The molecule has 6 heteroatoms. The Hall–Kier alpha value is -3.28. The average Bonchev–Trinajstić information content (AvgIpc) is 3.36. The zero-order valence-corrected chi connectivity index (χ0v) is 17.5. The van der Waals surface area contributed by atoms with Crippen LogP contribution in [0, 0.1) is 0 Å². The molecule has 0 spiro atoms. The molecular weight excluding hydrogens is 380 g/mol. The molecule has 1 unspecified atom stereocenters. The van der Waals surface area contributed by atoms with E-state index in [-0.39, 0.29) is 25.2 Å². The predicted molar refractivity (Wildman–Crippen MR) is 114 cm³/mol. The van der Waals surface area contributed by atoms with Crippen LogP contribution in [0.2, 0.25) is 0 Å². The number of carbonyl (C=O) groups is 1. The van der Waals surface area contributed by atoms with Crippen LogP contribution in [-0.4, -0.2) is 23.8 Å². The first-order valence-electron chi connectivity index (χ1n) is 10.2. The summed E-state index contributed by atoms with van der Waals surface area (Å²) in [5, 5.41) is 6.86. The van der Waals surface area contributed by atoms with Crippen LogP contribution in [0.4, 0.5) is 0 Å². The first-order chi connectivity index (χ1) is 14.5. The molecule has 1 N–H and O–H groups in total. The van der Waals surface area contributed by atoms with Gasteiger partial charge in [0.15, 0.2) is 12.4 Å². The van der Waals surface area contributed by atoms with Gasteiger partial charge in [-0.05, 0) is 54.3 Å². The van der Waals surface area contributed by atoms with E-state index in [1.807, 2.05) is 42.5 Å². The zero-order chi connectivity index (χ0) is 21.1. The van der Waals surface area contributed by atoms with E-state index in [2.05, 4.69) is 37.3 Å². The molecular formula is C24H26N2O4. The molecule has 1 aromatic heterocycles. The van der Waals surface area contributed by atoms with Crippen LogP contribution in [0.5, 0.6) is 11.5 Å². The Morgan fingerprint density at radius 2 is 2.00 bits per heavy atom. The van der Waals surface area contributed by atoms with Crippen molar-refractivity contribution in [3.8, 4) is 22.8 Å². The average molecular weight is 406 g/mol. The number of carbonyl (C=O) groups excluding carboxylic acids is 1. The van der Waals surface area contributed by atoms with Crippen LogP contribution < -0.4 is 14.8 Å². The number of fused-ring (bicyclic) bond motifs is 1. The van der Waals surface area contributed by atoms with Crippen molar-refractivity contribution in [3.63, 3.8) is 0 Å². The molecule has 1 aliphatic rings. The lowest BCUT2D eigenvalue weighted by Crippen LogP contribution is -2.28. The van der Waals surface area contributed by atoms with Crippen molar-refractivity contribution in [1.82, 2.24) is 10.5 Å². The second kappa shape index (κ2) is 8.61. The fourth-order valence-corrected chi connectivity index (χ4v) is 3.44. The van der Waals surface area contributed by atoms with Crippen molar-refractivity contribution in [2.75, 3.05) is 6.61 Å². The van der Waals surface area contributed by atoms with E-state index >= 15 is 0 Å². The number of rotatable bonds is 7. The van der Waals surface area contributed by atoms with Gasteiger partial charge in [0, 0.05) is 18.1 Å². The van der Waals surface area contributed by atoms with Gasteiger partial charge < -0.3 is 19.3 Å². The number of benzene rings is 2. The minimum Gasteiger partial charge on any atom is -0.490 e. The Morgan fingerprint density at radius 1 is 1.20 bits per heavy atom. The third kappa shape index (κ3) is 4.64. The van der Waals surface area contributed by atoms with Crippen molar-refractivity contribution < 1.29 is 18.8 Å². The van der Waals surface area contributed by atoms with Crippen molar-refractivity contribution in [2.45, 2.75) is 45.8 Å². The van der Waals surface area contributed by atoms with Gasteiger partial charge in [-0.2, -0.15) is 0 Å². The second-order valence-electron chi connectivity index (χ2n) is 7.93. The Balaban J connectivity index is 1.28. The molecule has 1 atom stereocenters. The monoisotopic (exact) mass is 406 g/mol. The van der Waals surface area contributed by atoms with E-state index < -0.39 is 0 Å². The van der Waals surface area contributed by atoms with Crippen molar-refractivity contribution >= 4 is 5.91 Å². The van der Waals surface area contributed by atoms with Crippen LogP contribution in [0.3, 0.4) is 0 Å². The van der Waals surface area contributed by atoms with Gasteiger partial charge in [-0.15, -0.1) is 0 Å². The molecule has 1 amide bonds. The fourth-order valence-electron chi connectivity index (χ4n) is 3.44. The summed E-state index contributed by atoms with van der Waals surface area (Å²) in [6, 6.07) is 15.6. The van der Waals surface area contributed by atoms with Gasteiger partial charge in [0.2, 0.25) is 0 Å². The summed E-state index contributed by atoms with van der Waals surface area (Å²) in [5.41, 5.74) is 4.01. The molecule has 1 aliphatic heterocycles. The lowest BCUT2D eigenvalue weighted by molar-refractivity contribution is -0.123. The quantitative estimate of drug-likeness (QED) is 0.626. The first-order valence-corrected chi connectivity index (χ1v) is 10.2. The highest BCUT2D eigenvalue weighted by Gasteiger charge is 2.20. The number of hydrogen-bond donors (Lipinski definition) is 1. The largest absolute Gasteiger partial charge is 0.490 e. The lowest BCUT2D eigenvalue weighted by atomic mass is 10.0. The highest BCUT2D eigenvalue weighted by molar-refractivity contribution is 5.77. The minimum atomic E-state index is -0.212. The van der Waals surface area contributed by atoms with Gasteiger partial charge >= 0.3 is 0 Å². The summed E-state index contributed by atoms with van der Waals surface area (Å²) in [7, 11) is 0. The Morgan fingerprint density at radius 3 is 2.77 bits per heavy atom. The van der Waals surface area contributed by atoms with Gasteiger partial charge in [0.05, 0.1) is 6.54 Å². The topological polar surface area (TPSA) is 73.6 Å². The Kier molecular flexibility index (Phi) is 5.74. The number of nitrogens with one attached hydrogen (secondary N) is 1. The van der Waals surface area contributed by atoms with Crippen LogP contribution in [-0.2, 0) is 17.8 Å². The lowest BCUT2D eigenvalue weighted by Gasteiger charge is -2.09. The van der Waals surface area contributed by atoms with Crippen LogP contribution >= 0.6 is 0 Å². The summed E-state index contributed by atoms with van der Waals surface area (Å²) in [6.07, 6.45) is 1.09. The van der Waals surface area contributed by atoms with Crippen molar-refractivity contribution in [2.24, 2.45) is 0 Å². The molecule has 3 aromatic rings. The van der Waals surface area contributed by atoms with Gasteiger partial charge in [-0.25, -0.2) is 0 Å². The molecule has 156 valence electrons. The predicted octanol–water partition coefficient (Wildman–Crippen LogP) is 4.48. The van der Waals surface area contributed by atoms with Gasteiger partial charge in [0.1, 0.15) is 23.3 Å². The van der Waals surface area contributed by atoms with Gasteiger partial charge in [-0.1, -0.05) is 31.1 Å². The molecule has 0 radical (unpaired) electrons. The summed E-state index contributed by atoms with van der Waals surface area (Å²) in [4.78, 5) is 12.1. The van der Waals surface area contributed by atoms with Crippen LogP contribution in [0.1, 0.15) is 43.5 Å². The van der Waals surface area contributed by atoms with Crippen molar-refractivity contribution in [1.29, 1.82) is 0 Å². The highest BCUT2D eigenvalue weighted by Crippen LogP contribution is 2.33. The van der Waals surface area contributed by atoms with Crippen molar-refractivity contribution in [3.05, 3.63) is 65.4 Å². The van der Waals surface area contributed by atoms with E-state index in [0.717, 1.165) is 17.7 Å². The molecule has 0 fully saturated rings. The van der Waals surface area contributed by atoms with E-state index in [9.17, 15) is 4.79 Å². The molecule has 0 saturated heterocycles. The van der Waals surface area contributed by atoms with Gasteiger partial charge in [0.25, 0.3) is 5.91 Å². The maximum absolute atomic E-state index is 12.1. The number of ether oxygens (including phenoxy) is 2. The third-order valence-electron chi connectivity index (χ3n) is 5.12. The molecule has 30 heavy (non-hydrogen) atoms. The van der Waals surface area contributed by atoms with E-state index in [1.165, 1.54) is 11.1 Å². The Labute approximate surface area is 176 Å². The normalized spacial score (nSPS) is 15.0. The third-order valence-corrected chi connectivity index (χ3v) is 5.12. The molecule has 4 rings (SSSR count). The molecule has 0 bridgehead atoms. The molecule has 0 saturated carbocycles. The van der Waals surface area contributed by atoms with Crippen LogP contribution in [0.15, 0.2) is 53.1 Å². The number of hydrogen-bond acceptors (Lipinski definition) is 5. The minimum absolute atomic E-state index is 0.0469. The molecule has 0 aliphatic carbocycles. The summed E-state index contributed by atoms with van der Waals surface area (Å²) in [6.45, 7) is 6.56. The number of aromatic nitrogens is 1. The molecule has 2 aromatic carbocycles. The summed E-state index contributed by atoms with van der Waals surface area (Å²) >= 11 is 0. The first kappa shape index (κ1) is 20.0. The second-order valence-corrected chi connectivity index (χ2v) is 7.93. The van der Waals surface area contributed by atoms with Gasteiger partial charge in [-0.3, -0.25) is 4.79 Å². The van der Waals surface area contributed by atoms with E-state index in [0.29, 0.717) is 23.1 Å². The van der Waals surface area contributed by atoms with E-state index in [4.69, 9.17) is 14.0 Å². The van der Waals surface area contributed by atoms with Crippen LogP contribution in [0.25, 0.3) is 11.3 Å². The number of nitrogens with zero attached hydrogens (tertiary/aromatic N) is 1. The molecule has 2 heterocycles. The maximum atomic E-state index is 12.1. The summed E-state index contributed by atoms with van der Waals surface area (Å²) in [5.74, 6) is 2.52. The molecule has 6 nitrogen and oxygen atoms in total. The Bertz CT molecular complexity index is 1020. The smallest absolute Gasteiger partial charge is 0.258 e. The SMILES string of the molecule is CC1Cc2cc(-c3cc(CNC(=O)COc4ccc(C(C)C)cc4)no3)ccc2O1. The zero-order valence-electron chi connectivity index (χ0n) is 17.5. The maximum Gasteiger partial charge on any atom is 0.258 e. The highest BCUT2D eigenvalue weighted by atomic mass is 16.5. The standard InChI is InChI=1S/C24H26N2O4/c1-15(2)17-4-7-21(8-5-17)28-14-24(27)25-13-20-12-23(30-26-20)18-6-9-22-19(11-18)10-16(3)29-22/h4-9,11-12,15-16H,10,13-14H2,1-3H3,(H,25,27).